The lowest BCUT2D eigenvalue weighted by Crippen LogP contribution is -2.32. The molecular weight excluding hydrogens is 182 g/mol. The second-order valence-corrected chi connectivity index (χ2v) is 5.68. The molecule has 1 saturated carbocycles. The Morgan fingerprint density at radius 2 is 1.29 bits per heavy atom. The van der Waals surface area contributed by atoms with Crippen molar-refractivity contribution >= 4 is 0 Å². The molecule has 0 spiro atoms. The summed E-state index contributed by atoms with van der Waals surface area (Å²) in [6.07, 6.45) is 3.13. The van der Waals surface area contributed by atoms with Crippen molar-refractivity contribution in [3.63, 3.8) is 0 Å². The number of alkyl halides is 2. The highest BCUT2D eigenvalue weighted by atomic mass is 19.3. The molecule has 1 rings (SSSR count). The first-order valence-electron chi connectivity index (χ1n) is 5.44. The molecular formula is C12H21F2. The Balaban J connectivity index is 2.47. The summed E-state index contributed by atoms with van der Waals surface area (Å²) in [6, 6.07) is 0. The predicted molar refractivity (Wildman–Crippen MR) is 55.2 cm³/mol. The van der Waals surface area contributed by atoms with E-state index < -0.39 is 11.8 Å². The van der Waals surface area contributed by atoms with Crippen molar-refractivity contribution in [3.05, 3.63) is 6.92 Å². The lowest BCUT2D eigenvalue weighted by Gasteiger charge is -2.38. The average molecular weight is 203 g/mol. The Kier molecular flexibility index (Phi) is 3.23. The zero-order chi connectivity index (χ0) is 11.0. The molecule has 0 unspecified atom stereocenters. The Bertz CT molecular complexity index is 155. The van der Waals surface area contributed by atoms with E-state index in [9.17, 15) is 8.78 Å². The fourth-order valence-electron chi connectivity index (χ4n) is 2.38. The molecule has 0 atom stereocenters. The largest absolute Gasteiger partial charge is 0.251 e. The zero-order valence-electron chi connectivity index (χ0n) is 9.45. The van der Waals surface area contributed by atoms with E-state index in [2.05, 4.69) is 27.7 Å². The minimum atomic E-state index is -2.72. The van der Waals surface area contributed by atoms with Crippen LogP contribution >= 0.6 is 0 Å². The van der Waals surface area contributed by atoms with Crippen LogP contribution in [-0.4, -0.2) is 5.92 Å². The fourth-order valence-corrected chi connectivity index (χ4v) is 2.38. The van der Waals surface area contributed by atoms with E-state index in [-0.39, 0.29) is 5.41 Å². The van der Waals surface area contributed by atoms with E-state index in [0.29, 0.717) is 18.8 Å². The maximum Gasteiger partial charge on any atom is 0.251 e. The van der Waals surface area contributed by atoms with Gasteiger partial charge in [-0.1, -0.05) is 20.8 Å². The summed E-state index contributed by atoms with van der Waals surface area (Å²) in [5, 5.41) is 0. The minimum absolute atomic E-state index is 0.265. The second-order valence-electron chi connectivity index (χ2n) is 5.68. The first kappa shape index (κ1) is 11.9. The van der Waals surface area contributed by atoms with Gasteiger partial charge in [0.25, 0.3) is 5.92 Å². The van der Waals surface area contributed by atoms with Gasteiger partial charge in [-0.2, -0.15) is 0 Å². The molecule has 1 fully saturated rings. The van der Waals surface area contributed by atoms with Crippen molar-refractivity contribution in [2.45, 2.75) is 52.4 Å². The fraction of sp³-hybridized carbons (Fsp3) is 0.917. The van der Waals surface area contributed by atoms with Gasteiger partial charge in [0.2, 0.25) is 0 Å². The third-order valence-corrected chi connectivity index (χ3v) is 3.55. The Labute approximate surface area is 86.1 Å². The SMILES string of the molecule is [CH2]C(F)(F)C1CCC(C(C)(C)C)CC1. The molecule has 1 radical (unpaired) electrons. The molecule has 1 aliphatic rings. The zero-order valence-corrected chi connectivity index (χ0v) is 9.45. The van der Waals surface area contributed by atoms with E-state index in [4.69, 9.17) is 0 Å². The van der Waals surface area contributed by atoms with Crippen molar-refractivity contribution < 1.29 is 8.78 Å². The van der Waals surface area contributed by atoms with Crippen LogP contribution in [0.25, 0.3) is 0 Å². The van der Waals surface area contributed by atoms with Gasteiger partial charge in [0.1, 0.15) is 0 Å². The number of hydrogen-bond acceptors (Lipinski definition) is 0. The Hall–Kier alpha value is -0.140. The van der Waals surface area contributed by atoms with Gasteiger partial charge in [-0.25, -0.2) is 8.78 Å². The van der Waals surface area contributed by atoms with Crippen molar-refractivity contribution in [2.75, 3.05) is 0 Å². The van der Waals surface area contributed by atoms with Gasteiger partial charge < -0.3 is 0 Å². The van der Waals surface area contributed by atoms with E-state index in [1.807, 2.05) is 0 Å². The molecule has 0 N–H and O–H groups in total. The molecule has 0 saturated heterocycles. The van der Waals surface area contributed by atoms with Crippen LogP contribution < -0.4 is 0 Å². The summed E-state index contributed by atoms with van der Waals surface area (Å²) in [4.78, 5) is 0. The van der Waals surface area contributed by atoms with Crippen LogP contribution in [0.1, 0.15) is 46.5 Å². The van der Waals surface area contributed by atoms with Gasteiger partial charge in [0, 0.05) is 12.8 Å². The highest BCUT2D eigenvalue weighted by Gasteiger charge is 2.39. The molecule has 0 aliphatic heterocycles. The third-order valence-electron chi connectivity index (χ3n) is 3.55. The molecule has 0 aromatic heterocycles. The van der Waals surface area contributed by atoms with Crippen molar-refractivity contribution in [1.82, 2.24) is 0 Å². The van der Waals surface area contributed by atoms with E-state index in [0.717, 1.165) is 12.8 Å². The smallest absolute Gasteiger partial charge is 0.207 e. The van der Waals surface area contributed by atoms with Gasteiger partial charge in [-0.3, -0.25) is 0 Å². The molecule has 0 amide bonds. The molecule has 14 heavy (non-hydrogen) atoms. The maximum absolute atomic E-state index is 12.9. The van der Waals surface area contributed by atoms with Gasteiger partial charge >= 0.3 is 0 Å². The first-order chi connectivity index (χ1) is 6.21. The molecule has 0 aromatic rings. The van der Waals surface area contributed by atoms with Crippen molar-refractivity contribution in [1.29, 1.82) is 0 Å². The normalized spacial score (nSPS) is 30.4. The summed E-state index contributed by atoms with van der Waals surface area (Å²) in [5.74, 6) is -2.61. The standard InChI is InChI=1S/C12H21F2/c1-11(2,3)9-5-7-10(8-6-9)12(4,13)14/h9-10H,4-8H2,1-3H3. The van der Waals surface area contributed by atoms with Crippen LogP contribution in [-0.2, 0) is 0 Å². The summed E-state index contributed by atoms with van der Waals surface area (Å²) >= 11 is 0. The molecule has 0 bridgehead atoms. The van der Waals surface area contributed by atoms with Crippen LogP contribution in [0.4, 0.5) is 8.78 Å². The maximum atomic E-state index is 12.9. The summed E-state index contributed by atoms with van der Waals surface area (Å²) in [5.41, 5.74) is 0.265. The highest BCUT2D eigenvalue weighted by molar-refractivity contribution is 4.87. The molecule has 83 valence electrons. The quantitative estimate of drug-likeness (QED) is 0.595. The van der Waals surface area contributed by atoms with Crippen LogP contribution in [0.2, 0.25) is 0 Å². The van der Waals surface area contributed by atoms with Crippen molar-refractivity contribution in [2.24, 2.45) is 17.3 Å². The van der Waals surface area contributed by atoms with Crippen LogP contribution in [0.5, 0.6) is 0 Å². The molecule has 2 heteroatoms. The second kappa shape index (κ2) is 3.79. The average Bonchev–Trinajstić information content (AvgIpc) is 2.01. The molecule has 0 nitrogen and oxygen atoms in total. The number of rotatable bonds is 1. The van der Waals surface area contributed by atoms with Gasteiger partial charge in [-0.15, -0.1) is 0 Å². The van der Waals surface area contributed by atoms with Crippen LogP contribution in [0, 0.1) is 24.2 Å². The summed E-state index contributed by atoms with van der Waals surface area (Å²) in [7, 11) is 0. The van der Waals surface area contributed by atoms with Crippen LogP contribution in [0.3, 0.4) is 0 Å². The summed E-state index contributed by atoms with van der Waals surface area (Å²) in [6.45, 7) is 9.53. The highest BCUT2D eigenvalue weighted by Crippen LogP contribution is 2.43. The monoisotopic (exact) mass is 203 g/mol. The Morgan fingerprint density at radius 3 is 1.57 bits per heavy atom. The Morgan fingerprint density at radius 1 is 0.929 bits per heavy atom. The van der Waals surface area contributed by atoms with E-state index >= 15 is 0 Å². The van der Waals surface area contributed by atoms with Crippen LogP contribution in [0.15, 0.2) is 0 Å². The van der Waals surface area contributed by atoms with Gasteiger partial charge in [0.05, 0.1) is 0 Å². The number of halogens is 2. The lowest BCUT2D eigenvalue weighted by atomic mass is 9.69. The van der Waals surface area contributed by atoms with Crippen molar-refractivity contribution in [3.8, 4) is 0 Å². The molecule has 1 aliphatic carbocycles. The first-order valence-corrected chi connectivity index (χ1v) is 5.44. The lowest BCUT2D eigenvalue weighted by molar-refractivity contribution is -0.0402. The minimum Gasteiger partial charge on any atom is -0.207 e. The predicted octanol–water partition coefficient (Wildman–Crippen LogP) is 4.31. The van der Waals surface area contributed by atoms with E-state index in [1.54, 1.807) is 0 Å². The van der Waals surface area contributed by atoms with Gasteiger partial charge in [-0.05, 0) is 37.0 Å². The topological polar surface area (TPSA) is 0 Å². The summed E-state index contributed by atoms with van der Waals surface area (Å²) < 4.78 is 25.8. The molecule has 0 heterocycles. The van der Waals surface area contributed by atoms with E-state index in [1.165, 1.54) is 0 Å². The molecule has 0 aromatic carbocycles. The van der Waals surface area contributed by atoms with Gasteiger partial charge in [0.15, 0.2) is 0 Å². The number of hydrogen-bond donors (Lipinski definition) is 0. The third kappa shape index (κ3) is 2.93.